The number of carbonyl (C=O) groups is 2. The molecular formula is C14H19NO3. The average Bonchev–Trinajstić information content (AvgIpc) is 2.28. The summed E-state index contributed by atoms with van der Waals surface area (Å²) in [5.74, 6) is -1.79. The molecule has 1 rings (SSSR count). The molecule has 0 radical (unpaired) electrons. The Labute approximate surface area is 107 Å². The molecule has 4 nitrogen and oxygen atoms in total. The molecule has 0 spiro atoms. The minimum absolute atomic E-state index is 0.107. The quantitative estimate of drug-likeness (QED) is 0.858. The Morgan fingerprint density at radius 2 is 1.78 bits per heavy atom. The second-order valence-corrected chi connectivity index (χ2v) is 5.26. The van der Waals surface area contributed by atoms with Crippen molar-refractivity contribution in [2.24, 2.45) is 5.41 Å². The molecule has 0 aromatic heterocycles. The highest BCUT2D eigenvalue weighted by Gasteiger charge is 2.25. The first-order chi connectivity index (χ1) is 8.32. The van der Waals surface area contributed by atoms with Crippen LogP contribution < -0.4 is 5.32 Å². The number of hydrogen-bond donors (Lipinski definition) is 2. The summed E-state index contributed by atoms with van der Waals surface area (Å²) in [5, 5.41) is 11.9. The van der Waals surface area contributed by atoms with Crippen LogP contribution in [0.1, 0.15) is 32.3 Å². The molecule has 0 aliphatic carbocycles. The Balaban J connectivity index is 2.72. The van der Waals surface area contributed by atoms with E-state index in [-0.39, 0.29) is 12.5 Å². The van der Waals surface area contributed by atoms with Crippen LogP contribution in [-0.4, -0.2) is 23.5 Å². The number of carbonyl (C=O) groups excluding carboxylic acids is 1. The van der Waals surface area contributed by atoms with E-state index in [1.807, 2.05) is 6.07 Å². The summed E-state index contributed by atoms with van der Waals surface area (Å²) in [5.41, 5.74) is 0.180. The van der Waals surface area contributed by atoms with Gasteiger partial charge in [-0.15, -0.1) is 0 Å². The van der Waals surface area contributed by atoms with Crippen LogP contribution in [0.5, 0.6) is 0 Å². The molecule has 4 heteroatoms. The number of benzene rings is 1. The van der Waals surface area contributed by atoms with Gasteiger partial charge in [-0.05, 0) is 5.56 Å². The summed E-state index contributed by atoms with van der Waals surface area (Å²) >= 11 is 0. The Kier molecular flexibility index (Phi) is 4.48. The highest BCUT2D eigenvalue weighted by atomic mass is 16.4. The van der Waals surface area contributed by atoms with Crippen molar-refractivity contribution in [1.82, 2.24) is 5.32 Å². The molecule has 1 atom stereocenters. The molecule has 98 valence electrons. The second kappa shape index (κ2) is 5.67. The molecule has 0 unspecified atom stereocenters. The summed E-state index contributed by atoms with van der Waals surface area (Å²) in [6.07, 6.45) is 0. The van der Waals surface area contributed by atoms with E-state index in [2.05, 4.69) is 5.32 Å². The predicted octanol–water partition coefficient (Wildman–Crippen LogP) is 2.02. The molecule has 0 saturated carbocycles. The van der Waals surface area contributed by atoms with Gasteiger partial charge in [0.25, 0.3) is 0 Å². The largest absolute Gasteiger partial charge is 0.481 e. The van der Waals surface area contributed by atoms with Crippen molar-refractivity contribution in [3.8, 4) is 0 Å². The SMILES string of the molecule is CC(C)(C)C(=O)NC[C@H](C(=O)O)c1ccccc1. The Morgan fingerprint density at radius 1 is 1.22 bits per heavy atom. The highest BCUT2D eigenvalue weighted by molar-refractivity contribution is 5.83. The monoisotopic (exact) mass is 249 g/mol. The molecule has 0 aliphatic heterocycles. The van der Waals surface area contributed by atoms with Crippen molar-refractivity contribution in [2.45, 2.75) is 26.7 Å². The molecule has 0 aliphatic rings. The van der Waals surface area contributed by atoms with Crippen LogP contribution in [0.2, 0.25) is 0 Å². The minimum Gasteiger partial charge on any atom is -0.481 e. The molecule has 1 aromatic carbocycles. The van der Waals surface area contributed by atoms with Crippen LogP contribution >= 0.6 is 0 Å². The van der Waals surface area contributed by atoms with E-state index in [4.69, 9.17) is 0 Å². The zero-order valence-electron chi connectivity index (χ0n) is 10.9. The first kappa shape index (κ1) is 14.2. The third-order valence-electron chi connectivity index (χ3n) is 2.65. The van der Waals surface area contributed by atoms with Crippen molar-refractivity contribution in [3.63, 3.8) is 0 Å². The fraction of sp³-hybridized carbons (Fsp3) is 0.429. The third-order valence-corrected chi connectivity index (χ3v) is 2.65. The van der Waals surface area contributed by atoms with Crippen LogP contribution in [-0.2, 0) is 9.59 Å². The summed E-state index contributed by atoms with van der Waals surface area (Å²) in [6.45, 7) is 5.48. The van der Waals surface area contributed by atoms with Gasteiger partial charge < -0.3 is 10.4 Å². The highest BCUT2D eigenvalue weighted by Crippen LogP contribution is 2.17. The van der Waals surface area contributed by atoms with Crippen LogP contribution in [0.25, 0.3) is 0 Å². The fourth-order valence-corrected chi connectivity index (χ4v) is 1.49. The van der Waals surface area contributed by atoms with E-state index in [1.165, 1.54) is 0 Å². The molecule has 0 bridgehead atoms. The van der Waals surface area contributed by atoms with Gasteiger partial charge in [0.05, 0.1) is 5.92 Å². The lowest BCUT2D eigenvalue weighted by atomic mass is 9.94. The number of carboxylic acids is 1. The number of rotatable bonds is 4. The van der Waals surface area contributed by atoms with Crippen molar-refractivity contribution >= 4 is 11.9 Å². The third kappa shape index (κ3) is 3.87. The van der Waals surface area contributed by atoms with E-state index >= 15 is 0 Å². The lowest BCUT2D eigenvalue weighted by Gasteiger charge is -2.20. The zero-order valence-corrected chi connectivity index (χ0v) is 10.9. The fourth-order valence-electron chi connectivity index (χ4n) is 1.49. The standard InChI is InChI=1S/C14H19NO3/c1-14(2,3)13(18)15-9-11(12(16)17)10-7-5-4-6-8-10/h4-8,11H,9H2,1-3H3,(H,15,18)(H,16,17)/t11-/m0/s1. The summed E-state index contributed by atoms with van der Waals surface area (Å²) in [4.78, 5) is 22.9. The molecular weight excluding hydrogens is 230 g/mol. The maximum absolute atomic E-state index is 11.7. The lowest BCUT2D eigenvalue weighted by Crippen LogP contribution is -2.38. The predicted molar refractivity (Wildman–Crippen MR) is 69.3 cm³/mol. The molecule has 18 heavy (non-hydrogen) atoms. The second-order valence-electron chi connectivity index (χ2n) is 5.26. The first-order valence-electron chi connectivity index (χ1n) is 5.88. The average molecular weight is 249 g/mol. The van der Waals surface area contributed by atoms with Gasteiger partial charge in [-0.2, -0.15) is 0 Å². The van der Waals surface area contributed by atoms with Gasteiger partial charge in [0.1, 0.15) is 0 Å². The Morgan fingerprint density at radius 3 is 2.22 bits per heavy atom. The number of hydrogen-bond acceptors (Lipinski definition) is 2. The Hall–Kier alpha value is -1.84. The van der Waals surface area contributed by atoms with E-state index in [9.17, 15) is 14.7 Å². The lowest BCUT2D eigenvalue weighted by molar-refractivity contribution is -0.139. The van der Waals surface area contributed by atoms with Crippen LogP contribution in [0.3, 0.4) is 0 Å². The van der Waals surface area contributed by atoms with Crippen molar-refractivity contribution in [3.05, 3.63) is 35.9 Å². The number of carboxylic acid groups (broad SMARTS) is 1. The van der Waals surface area contributed by atoms with Crippen LogP contribution in [0, 0.1) is 5.41 Å². The molecule has 0 heterocycles. The molecule has 0 saturated heterocycles. The number of nitrogens with one attached hydrogen (secondary N) is 1. The smallest absolute Gasteiger partial charge is 0.312 e. The normalized spacial score (nSPS) is 12.8. The van der Waals surface area contributed by atoms with E-state index in [0.717, 1.165) is 0 Å². The van der Waals surface area contributed by atoms with E-state index < -0.39 is 17.3 Å². The van der Waals surface area contributed by atoms with E-state index in [1.54, 1.807) is 45.0 Å². The molecule has 2 N–H and O–H groups in total. The topological polar surface area (TPSA) is 66.4 Å². The summed E-state index contributed by atoms with van der Waals surface area (Å²) in [7, 11) is 0. The van der Waals surface area contributed by atoms with Crippen LogP contribution in [0.4, 0.5) is 0 Å². The first-order valence-corrected chi connectivity index (χ1v) is 5.88. The van der Waals surface area contributed by atoms with Gasteiger partial charge in [0.2, 0.25) is 5.91 Å². The molecule has 1 aromatic rings. The van der Waals surface area contributed by atoms with Gasteiger partial charge in [-0.1, -0.05) is 51.1 Å². The number of aliphatic carboxylic acids is 1. The van der Waals surface area contributed by atoms with Gasteiger partial charge in [0, 0.05) is 12.0 Å². The van der Waals surface area contributed by atoms with Crippen LogP contribution in [0.15, 0.2) is 30.3 Å². The maximum Gasteiger partial charge on any atom is 0.312 e. The van der Waals surface area contributed by atoms with Gasteiger partial charge >= 0.3 is 5.97 Å². The van der Waals surface area contributed by atoms with Crippen molar-refractivity contribution < 1.29 is 14.7 Å². The van der Waals surface area contributed by atoms with E-state index in [0.29, 0.717) is 5.56 Å². The van der Waals surface area contributed by atoms with Crippen molar-refractivity contribution in [2.75, 3.05) is 6.54 Å². The molecule has 1 amide bonds. The zero-order chi connectivity index (χ0) is 13.8. The summed E-state index contributed by atoms with van der Waals surface area (Å²) in [6, 6.07) is 8.91. The van der Waals surface area contributed by atoms with Gasteiger partial charge in [-0.3, -0.25) is 9.59 Å². The van der Waals surface area contributed by atoms with Crippen molar-refractivity contribution in [1.29, 1.82) is 0 Å². The minimum atomic E-state index is -0.935. The number of amides is 1. The Bertz CT molecular complexity index is 420. The molecule has 0 fully saturated rings. The van der Waals surface area contributed by atoms with Gasteiger partial charge in [-0.25, -0.2) is 0 Å². The van der Waals surface area contributed by atoms with Gasteiger partial charge in [0.15, 0.2) is 0 Å². The maximum atomic E-state index is 11.7. The summed E-state index contributed by atoms with van der Waals surface area (Å²) < 4.78 is 0.